The van der Waals surface area contributed by atoms with Crippen molar-refractivity contribution in [2.75, 3.05) is 43.4 Å². The zero-order chi connectivity index (χ0) is 23.9. The Labute approximate surface area is 204 Å². The lowest BCUT2D eigenvalue weighted by Crippen LogP contribution is -2.44. The molecule has 0 unspecified atom stereocenters. The largest absolute Gasteiger partial charge is 0.369 e. The molecule has 1 aliphatic heterocycles. The SMILES string of the molecule is CC(C)n1cnc2cccc(-c3nc(Nc4ccc(N5CCN(C)CC5)cc4)nc4[nH]ccc34)c21. The van der Waals surface area contributed by atoms with E-state index in [1.165, 1.54) is 5.69 Å². The molecule has 1 fully saturated rings. The number of imidazole rings is 1. The maximum atomic E-state index is 4.99. The second-order valence-corrected chi connectivity index (χ2v) is 9.52. The van der Waals surface area contributed by atoms with Crippen LogP contribution in [-0.2, 0) is 0 Å². The van der Waals surface area contributed by atoms with Crippen LogP contribution >= 0.6 is 0 Å². The van der Waals surface area contributed by atoms with Crippen molar-refractivity contribution in [1.29, 1.82) is 0 Å². The van der Waals surface area contributed by atoms with Gasteiger partial charge in [0.1, 0.15) is 5.65 Å². The summed E-state index contributed by atoms with van der Waals surface area (Å²) in [5, 5.41) is 4.41. The number of likely N-dealkylation sites (N-methyl/N-ethyl adjacent to an activating group) is 1. The summed E-state index contributed by atoms with van der Waals surface area (Å²) in [6, 6.07) is 17.1. The third kappa shape index (κ3) is 4.00. The fraction of sp³-hybridized carbons (Fsp3) is 0.296. The lowest BCUT2D eigenvalue weighted by Gasteiger charge is -2.34. The van der Waals surface area contributed by atoms with Crippen LogP contribution in [0, 0.1) is 0 Å². The molecule has 0 atom stereocenters. The van der Waals surface area contributed by atoms with Gasteiger partial charge in [0.2, 0.25) is 5.95 Å². The van der Waals surface area contributed by atoms with E-state index >= 15 is 0 Å². The van der Waals surface area contributed by atoms with Gasteiger partial charge in [-0.25, -0.2) is 9.97 Å². The lowest BCUT2D eigenvalue weighted by molar-refractivity contribution is 0.313. The number of nitrogens with zero attached hydrogens (tertiary/aromatic N) is 6. The van der Waals surface area contributed by atoms with Gasteiger partial charge in [-0.05, 0) is 57.3 Å². The maximum Gasteiger partial charge on any atom is 0.229 e. The van der Waals surface area contributed by atoms with Crippen LogP contribution in [0.25, 0.3) is 33.3 Å². The summed E-state index contributed by atoms with van der Waals surface area (Å²) >= 11 is 0. The summed E-state index contributed by atoms with van der Waals surface area (Å²) in [5.41, 5.74) is 7.01. The van der Waals surface area contributed by atoms with Crippen molar-refractivity contribution >= 4 is 39.4 Å². The highest BCUT2D eigenvalue weighted by molar-refractivity contribution is 6.00. The molecule has 2 aromatic carbocycles. The van der Waals surface area contributed by atoms with E-state index in [1.807, 2.05) is 30.7 Å². The van der Waals surface area contributed by atoms with Gasteiger partial charge in [0.25, 0.3) is 0 Å². The van der Waals surface area contributed by atoms with E-state index in [4.69, 9.17) is 9.97 Å². The standard InChI is InChI=1S/C27H30N8/c1-18(2)35-17-29-23-6-4-5-21(25(23)35)24-22-11-12-28-26(22)32-27(31-24)30-19-7-9-20(10-8-19)34-15-13-33(3)14-16-34/h4-12,17-18H,13-16H2,1-3H3,(H2,28,30,31,32). The molecule has 1 aliphatic rings. The molecule has 0 amide bonds. The smallest absolute Gasteiger partial charge is 0.229 e. The summed E-state index contributed by atoms with van der Waals surface area (Å²) in [6.45, 7) is 8.63. The van der Waals surface area contributed by atoms with Gasteiger partial charge in [0.05, 0.1) is 23.1 Å². The predicted octanol–water partition coefficient (Wildman–Crippen LogP) is 5.05. The number of aromatic amines is 1. The fourth-order valence-electron chi connectivity index (χ4n) is 4.82. The van der Waals surface area contributed by atoms with E-state index in [0.29, 0.717) is 12.0 Å². The zero-order valence-corrected chi connectivity index (χ0v) is 20.4. The van der Waals surface area contributed by atoms with Crippen LogP contribution in [0.4, 0.5) is 17.3 Å². The number of para-hydroxylation sites is 1. The van der Waals surface area contributed by atoms with Crippen LogP contribution in [0.3, 0.4) is 0 Å². The molecule has 5 aromatic rings. The van der Waals surface area contributed by atoms with Crippen LogP contribution in [-0.4, -0.2) is 62.6 Å². The molecule has 0 saturated carbocycles. The highest BCUT2D eigenvalue weighted by Crippen LogP contribution is 2.34. The minimum absolute atomic E-state index is 0.293. The van der Waals surface area contributed by atoms with Gasteiger partial charge in [-0.1, -0.05) is 12.1 Å². The Morgan fingerprint density at radius 2 is 1.74 bits per heavy atom. The molecule has 8 nitrogen and oxygen atoms in total. The predicted molar refractivity (Wildman–Crippen MR) is 142 cm³/mol. The molecule has 0 spiro atoms. The molecule has 0 aliphatic carbocycles. The van der Waals surface area contributed by atoms with Gasteiger partial charge in [0, 0.05) is 60.7 Å². The molecule has 4 heterocycles. The summed E-state index contributed by atoms with van der Waals surface area (Å²) in [4.78, 5) is 22.4. The molecule has 8 heteroatoms. The van der Waals surface area contributed by atoms with Crippen molar-refractivity contribution in [2.45, 2.75) is 19.9 Å². The first-order valence-corrected chi connectivity index (χ1v) is 12.2. The van der Waals surface area contributed by atoms with E-state index in [-0.39, 0.29) is 0 Å². The first-order chi connectivity index (χ1) is 17.1. The number of H-pyrrole nitrogens is 1. The van der Waals surface area contributed by atoms with E-state index in [0.717, 1.165) is 65.2 Å². The quantitative estimate of drug-likeness (QED) is 0.377. The van der Waals surface area contributed by atoms with Crippen molar-refractivity contribution in [1.82, 2.24) is 29.4 Å². The van der Waals surface area contributed by atoms with E-state index in [2.05, 4.69) is 80.9 Å². The summed E-state index contributed by atoms with van der Waals surface area (Å²) < 4.78 is 2.20. The van der Waals surface area contributed by atoms with E-state index in [1.54, 1.807) is 0 Å². The maximum absolute atomic E-state index is 4.99. The fourth-order valence-corrected chi connectivity index (χ4v) is 4.82. The second kappa shape index (κ2) is 8.70. The first-order valence-electron chi connectivity index (χ1n) is 12.2. The van der Waals surface area contributed by atoms with Crippen LogP contribution in [0.2, 0.25) is 0 Å². The Balaban J connectivity index is 1.36. The first kappa shape index (κ1) is 21.6. The number of fused-ring (bicyclic) bond motifs is 2. The third-order valence-electron chi connectivity index (χ3n) is 6.81. The molecule has 0 radical (unpaired) electrons. The molecule has 35 heavy (non-hydrogen) atoms. The van der Waals surface area contributed by atoms with Crippen molar-refractivity contribution in [3.63, 3.8) is 0 Å². The molecule has 178 valence electrons. The van der Waals surface area contributed by atoms with Crippen LogP contribution < -0.4 is 10.2 Å². The molecule has 3 aromatic heterocycles. The highest BCUT2D eigenvalue weighted by atomic mass is 15.2. The average Bonchev–Trinajstić information content (AvgIpc) is 3.52. The minimum atomic E-state index is 0.293. The van der Waals surface area contributed by atoms with Gasteiger partial charge < -0.3 is 24.7 Å². The summed E-state index contributed by atoms with van der Waals surface area (Å²) in [7, 11) is 2.18. The summed E-state index contributed by atoms with van der Waals surface area (Å²) in [6.07, 6.45) is 3.83. The normalized spacial score (nSPS) is 14.9. The number of anilines is 3. The number of nitrogens with one attached hydrogen (secondary N) is 2. The van der Waals surface area contributed by atoms with Crippen molar-refractivity contribution < 1.29 is 0 Å². The Bertz CT molecular complexity index is 1470. The summed E-state index contributed by atoms with van der Waals surface area (Å²) in [5.74, 6) is 0.565. The number of hydrogen-bond donors (Lipinski definition) is 2. The highest BCUT2D eigenvalue weighted by Gasteiger charge is 2.18. The van der Waals surface area contributed by atoms with E-state index < -0.39 is 0 Å². The molecular formula is C27H30N8. The Morgan fingerprint density at radius 3 is 2.51 bits per heavy atom. The Kier molecular flexibility index (Phi) is 5.37. The number of hydrogen-bond acceptors (Lipinski definition) is 6. The second-order valence-electron chi connectivity index (χ2n) is 9.52. The minimum Gasteiger partial charge on any atom is -0.369 e. The number of rotatable bonds is 5. The average molecular weight is 467 g/mol. The molecule has 2 N–H and O–H groups in total. The number of aromatic nitrogens is 5. The van der Waals surface area contributed by atoms with Gasteiger partial charge in [-0.15, -0.1) is 0 Å². The number of benzene rings is 2. The van der Waals surface area contributed by atoms with Crippen LogP contribution in [0.15, 0.2) is 61.1 Å². The van der Waals surface area contributed by atoms with Crippen LogP contribution in [0.5, 0.6) is 0 Å². The Hall–Kier alpha value is -3.91. The van der Waals surface area contributed by atoms with Crippen molar-refractivity contribution in [3.05, 3.63) is 61.1 Å². The van der Waals surface area contributed by atoms with Gasteiger partial charge in [-0.3, -0.25) is 0 Å². The topological polar surface area (TPSA) is 77.9 Å². The monoisotopic (exact) mass is 466 g/mol. The van der Waals surface area contributed by atoms with E-state index in [9.17, 15) is 0 Å². The van der Waals surface area contributed by atoms with Gasteiger partial charge >= 0.3 is 0 Å². The molecule has 6 rings (SSSR count). The van der Waals surface area contributed by atoms with Crippen molar-refractivity contribution in [2.24, 2.45) is 0 Å². The van der Waals surface area contributed by atoms with Gasteiger partial charge in [-0.2, -0.15) is 4.98 Å². The lowest BCUT2D eigenvalue weighted by atomic mass is 10.1. The van der Waals surface area contributed by atoms with Crippen molar-refractivity contribution in [3.8, 4) is 11.3 Å². The molecule has 1 saturated heterocycles. The third-order valence-corrected chi connectivity index (χ3v) is 6.81. The van der Waals surface area contributed by atoms with Gasteiger partial charge in [0.15, 0.2) is 0 Å². The zero-order valence-electron chi connectivity index (χ0n) is 20.4. The molecule has 0 bridgehead atoms. The van der Waals surface area contributed by atoms with Crippen LogP contribution in [0.1, 0.15) is 19.9 Å². The Morgan fingerprint density at radius 1 is 0.943 bits per heavy atom. The number of piperazine rings is 1. The molecular weight excluding hydrogens is 436 g/mol.